The number of nitrogens with one attached hydrogen (secondary N) is 1. The minimum absolute atomic E-state index is 0.149. The van der Waals surface area contributed by atoms with Crippen molar-refractivity contribution in [2.45, 2.75) is 26.3 Å². The molecule has 0 fully saturated rings. The van der Waals surface area contributed by atoms with Gasteiger partial charge in [-0.05, 0) is 25.5 Å². The standard InChI is InChI=1S/C15H17F2NO5/c1-3-23-15(22)8(2)4-12(14(20)21)18-13(19)9-5-10(16)7-11(17)6-9/h5-8,12H,3-4H2,1-2H3,(H,18,19)(H,20,21)/t8-,12+/m0/s1. The summed E-state index contributed by atoms with van der Waals surface area (Å²) in [5.41, 5.74) is -0.350. The number of rotatable bonds is 7. The van der Waals surface area contributed by atoms with Gasteiger partial charge < -0.3 is 15.2 Å². The summed E-state index contributed by atoms with van der Waals surface area (Å²) in [4.78, 5) is 34.6. The summed E-state index contributed by atoms with van der Waals surface area (Å²) in [6.07, 6.45) is -0.211. The second-order valence-electron chi connectivity index (χ2n) is 4.91. The number of aliphatic carboxylic acids is 1. The molecule has 0 unspecified atom stereocenters. The van der Waals surface area contributed by atoms with Crippen molar-refractivity contribution < 1.29 is 33.0 Å². The van der Waals surface area contributed by atoms with Crippen LogP contribution >= 0.6 is 0 Å². The highest BCUT2D eigenvalue weighted by molar-refractivity contribution is 5.96. The predicted octanol–water partition coefficient (Wildman–Crippen LogP) is 1.74. The summed E-state index contributed by atoms with van der Waals surface area (Å²) in [5.74, 6) is -5.59. The van der Waals surface area contributed by atoms with Crippen molar-refractivity contribution in [3.05, 3.63) is 35.4 Å². The first-order valence-electron chi connectivity index (χ1n) is 6.91. The van der Waals surface area contributed by atoms with Crippen LogP contribution in [-0.4, -0.2) is 35.6 Å². The van der Waals surface area contributed by atoms with E-state index in [9.17, 15) is 23.2 Å². The number of carbonyl (C=O) groups is 3. The smallest absolute Gasteiger partial charge is 0.326 e. The van der Waals surface area contributed by atoms with Crippen LogP contribution in [-0.2, 0) is 14.3 Å². The Morgan fingerprint density at radius 1 is 1.22 bits per heavy atom. The summed E-state index contributed by atoms with van der Waals surface area (Å²) in [5, 5.41) is 11.3. The molecule has 1 aromatic rings. The molecule has 1 amide bonds. The van der Waals surface area contributed by atoms with E-state index in [1.54, 1.807) is 6.92 Å². The molecule has 0 heterocycles. The van der Waals surface area contributed by atoms with Gasteiger partial charge >= 0.3 is 11.9 Å². The number of carboxylic acid groups (broad SMARTS) is 1. The Bertz CT molecular complexity index is 585. The van der Waals surface area contributed by atoms with Crippen LogP contribution < -0.4 is 5.32 Å². The van der Waals surface area contributed by atoms with E-state index >= 15 is 0 Å². The Balaban J connectivity index is 2.81. The first kappa shape index (κ1) is 18.5. The molecule has 126 valence electrons. The molecule has 2 atom stereocenters. The molecule has 0 aliphatic rings. The van der Waals surface area contributed by atoms with Crippen molar-refractivity contribution in [3.8, 4) is 0 Å². The van der Waals surface area contributed by atoms with Crippen molar-refractivity contribution in [3.63, 3.8) is 0 Å². The maximum absolute atomic E-state index is 13.1. The Kier molecular flexibility index (Phi) is 6.62. The number of halogens is 2. The second-order valence-corrected chi connectivity index (χ2v) is 4.91. The molecule has 0 aliphatic heterocycles. The lowest BCUT2D eigenvalue weighted by molar-refractivity contribution is -0.148. The third-order valence-corrected chi connectivity index (χ3v) is 3.01. The van der Waals surface area contributed by atoms with Gasteiger partial charge in [0, 0.05) is 11.6 Å². The maximum atomic E-state index is 13.1. The van der Waals surface area contributed by atoms with Gasteiger partial charge in [0.1, 0.15) is 17.7 Å². The molecular formula is C15H17F2NO5. The van der Waals surface area contributed by atoms with Crippen LogP contribution in [0, 0.1) is 17.6 Å². The van der Waals surface area contributed by atoms with E-state index < -0.39 is 41.4 Å². The lowest BCUT2D eigenvalue weighted by Gasteiger charge is -2.18. The summed E-state index contributed by atoms with van der Waals surface area (Å²) in [6.45, 7) is 3.22. The van der Waals surface area contributed by atoms with Crippen LogP contribution in [0.1, 0.15) is 30.6 Å². The van der Waals surface area contributed by atoms with Crippen LogP contribution in [0.2, 0.25) is 0 Å². The zero-order valence-corrected chi connectivity index (χ0v) is 12.6. The van der Waals surface area contributed by atoms with Gasteiger partial charge in [0.25, 0.3) is 5.91 Å². The number of hydrogen-bond acceptors (Lipinski definition) is 4. The minimum atomic E-state index is -1.40. The zero-order chi connectivity index (χ0) is 17.6. The van der Waals surface area contributed by atoms with E-state index in [2.05, 4.69) is 5.32 Å². The minimum Gasteiger partial charge on any atom is -0.480 e. The van der Waals surface area contributed by atoms with Gasteiger partial charge in [0.15, 0.2) is 0 Å². The molecule has 23 heavy (non-hydrogen) atoms. The lowest BCUT2D eigenvalue weighted by Crippen LogP contribution is -2.42. The van der Waals surface area contributed by atoms with Gasteiger partial charge in [0.2, 0.25) is 0 Å². The SMILES string of the molecule is CCOC(=O)[C@@H](C)C[C@@H](NC(=O)c1cc(F)cc(F)c1)C(=O)O. The normalized spacial score (nSPS) is 13.0. The Hall–Kier alpha value is -2.51. The number of amides is 1. The van der Waals surface area contributed by atoms with Crippen LogP contribution in [0.25, 0.3) is 0 Å². The van der Waals surface area contributed by atoms with Crippen LogP contribution in [0.4, 0.5) is 8.78 Å². The fourth-order valence-corrected chi connectivity index (χ4v) is 1.88. The number of benzene rings is 1. The molecule has 0 radical (unpaired) electrons. The van der Waals surface area contributed by atoms with Gasteiger partial charge in [-0.25, -0.2) is 13.6 Å². The van der Waals surface area contributed by atoms with Gasteiger partial charge in [-0.3, -0.25) is 9.59 Å². The third kappa shape index (κ3) is 5.65. The monoisotopic (exact) mass is 329 g/mol. The molecule has 0 bridgehead atoms. The highest BCUT2D eigenvalue weighted by Crippen LogP contribution is 2.12. The Morgan fingerprint density at radius 2 is 1.78 bits per heavy atom. The molecule has 0 spiro atoms. The third-order valence-electron chi connectivity index (χ3n) is 3.01. The first-order valence-corrected chi connectivity index (χ1v) is 6.91. The average molecular weight is 329 g/mol. The summed E-state index contributed by atoms with van der Waals surface area (Å²) < 4.78 is 30.9. The summed E-state index contributed by atoms with van der Waals surface area (Å²) in [6, 6.07) is 0.764. The lowest BCUT2D eigenvalue weighted by atomic mass is 10.0. The molecule has 0 aliphatic carbocycles. The number of carboxylic acids is 1. The van der Waals surface area contributed by atoms with Gasteiger partial charge in [0.05, 0.1) is 12.5 Å². The van der Waals surface area contributed by atoms with E-state index in [4.69, 9.17) is 9.84 Å². The molecule has 0 saturated carbocycles. The Morgan fingerprint density at radius 3 is 2.26 bits per heavy atom. The predicted molar refractivity (Wildman–Crippen MR) is 75.7 cm³/mol. The van der Waals surface area contributed by atoms with Crippen molar-refractivity contribution in [2.75, 3.05) is 6.61 Å². The molecule has 1 rings (SSSR count). The summed E-state index contributed by atoms with van der Waals surface area (Å²) in [7, 11) is 0. The van der Waals surface area contributed by atoms with Crippen LogP contribution in [0.3, 0.4) is 0 Å². The van der Waals surface area contributed by atoms with Crippen LogP contribution in [0.15, 0.2) is 18.2 Å². The highest BCUT2D eigenvalue weighted by Gasteiger charge is 2.27. The topological polar surface area (TPSA) is 92.7 Å². The van der Waals surface area contributed by atoms with Crippen molar-refractivity contribution in [2.24, 2.45) is 5.92 Å². The zero-order valence-electron chi connectivity index (χ0n) is 12.6. The fraction of sp³-hybridized carbons (Fsp3) is 0.400. The highest BCUT2D eigenvalue weighted by atomic mass is 19.1. The summed E-state index contributed by atoms with van der Waals surface area (Å²) >= 11 is 0. The molecule has 8 heteroatoms. The molecule has 0 saturated heterocycles. The second kappa shape index (κ2) is 8.21. The van der Waals surface area contributed by atoms with Crippen LogP contribution in [0.5, 0.6) is 0 Å². The quantitative estimate of drug-likeness (QED) is 0.743. The fourth-order valence-electron chi connectivity index (χ4n) is 1.88. The van der Waals surface area contributed by atoms with Gasteiger partial charge in [-0.15, -0.1) is 0 Å². The molecular weight excluding hydrogens is 312 g/mol. The number of esters is 1. The largest absolute Gasteiger partial charge is 0.480 e. The van der Waals surface area contributed by atoms with Crippen molar-refractivity contribution in [1.82, 2.24) is 5.32 Å². The molecule has 0 aromatic heterocycles. The van der Waals surface area contributed by atoms with E-state index in [1.165, 1.54) is 6.92 Å². The van der Waals surface area contributed by atoms with E-state index in [0.29, 0.717) is 6.07 Å². The number of hydrogen-bond donors (Lipinski definition) is 2. The number of carbonyl (C=O) groups excluding carboxylic acids is 2. The van der Waals surface area contributed by atoms with Crippen molar-refractivity contribution in [1.29, 1.82) is 0 Å². The molecule has 1 aromatic carbocycles. The van der Waals surface area contributed by atoms with Crippen molar-refractivity contribution >= 4 is 17.8 Å². The van der Waals surface area contributed by atoms with E-state index in [-0.39, 0.29) is 18.6 Å². The molecule has 6 nitrogen and oxygen atoms in total. The first-order chi connectivity index (χ1) is 10.7. The van der Waals surface area contributed by atoms with Gasteiger partial charge in [-0.2, -0.15) is 0 Å². The maximum Gasteiger partial charge on any atom is 0.326 e. The van der Waals surface area contributed by atoms with Gasteiger partial charge in [-0.1, -0.05) is 6.92 Å². The van der Waals surface area contributed by atoms with E-state index in [0.717, 1.165) is 12.1 Å². The number of ether oxygens (including phenoxy) is 1. The molecule has 2 N–H and O–H groups in total. The van der Waals surface area contributed by atoms with E-state index in [1.807, 2.05) is 0 Å². The average Bonchev–Trinajstić information content (AvgIpc) is 2.45. The Labute approximate surface area is 131 Å².